The normalized spacial score (nSPS) is 50.9. The first-order valence-electron chi connectivity index (χ1n) is 6.99. The Kier molecular flexibility index (Phi) is 1.90. The average Bonchev–Trinajstić information content (AvgIpc) is 2.76. The number of nitriles is 1. The molecule has 5 aliphatic rings. The Morgan fingerprint density at radius 2 is 1.71 bits per heavy atom. The molecule has 1 unspecified atom stereocenters. The first-order valence-corrected chi connectivity index (χ1v) is 6.99. The first kappa shape index (κ1) is 9.94. The van der Waals surface area contributed by atoms with Gasteiger partial charge in [0.05, 0.1) is 6.04 Å². The molecule has 1 atom stereocenters. The van der Waals surface area contributed by atoms with Gasteiger partial charge in [0.1, 0.15) is 11.8 Å². The van der Waals surface area contributed by atoms with Gasteiger partial charge < -0.3 is 5.43 Å². The zero-order valence-electron chi connectivity index (χ0n) is 10.2. The second kappa shape index (κ2) is 3.25. The summed E-state index contributed by atoms with van der Waals surface area (Å²) in [6.07, 6.45) is 9.51. The molecule has 0 aromatic heterocycles. The van der Waals surface area contributed by atoms with Gasteiger partial charge in [0, 0.05) is 6.42 Å². The van der Waals surface area contributed by atoms with Gasteiger partial charge in [-0.2, -0.15) is 10.4 Å². The minimum Gasteiger partial charge on any atom is -0.305 e. The van der Waals surface area contributed by atoms with E-state index in [1.54, 1.807) is 0 Å². The van der Waals surface area contributed by atoms with Crippen molar-refractivity contribution in [2.45, 2.75) is 51.0 Å². The zero-order chi connectivity index (χ0) is 11.5. The van der Waals surface area contributed by atoms with Crippen molar-refractivity contribution in [3.63, 3.8) is 0 Å². The summed E-state index contributed by atoms with van der Waals surface area (Å²) in [4.78, 5) is 0. The number of hydrogen-bond acceptors (Lipinski definition) is 3. The van der Waals surface area contributed by atoms with Crippen molar-refractivity contribution >= 4 is 5.71 Å². The van der Waals surface area contributed by atoms with Crippen LogP contribution in [-0.4, -0.2) is 11.8 Å². The molecule has 0 spiro atoms. The summed E-state index contributed by atoms with van der Waals surface area (Å²) in [7, 11) is 0. The van der Waals surface area contributed by atoms with E-state index in [0.29, 0.717) is 17.2 Å². The van der Waals surface area contributed by atoms with E-state index in [0.717, 1.165) is 24.2 Å². The van der Waals surface area contributed by atoms with E-state index in [1.165, 1.54) is 38.5 Å². The van der Waals surface area contributed by atoms with Crippen molar-refractivity contribution in [2.24, 2.45) is 28.3 Å². The number of nitrogens with zero attached hydrogens (tertiary/aromatic N) is 2. The van der Waals surface area contributed by atoms with Crippen molar-refractivity contribution in [1.29, 1.82) is 5.26 Å². The van der Waals surface area contributed by atoms with Crippen LogP contribution in [0.1, 0.15) is 44.9 Å². The summed E-state index contributed by atoms with van der Waals surface area (Å²) in [5.74, 6) is 2.94. The molecule has 4 saturated carbocycles. The minimum absolute atomic E-state index is 0.463. The third-order valence-corrected chi connectivity index (χ3v) is 5.71. The highest BCUT2D eigenvalue weighted by Gasteiger charge is 2.55. The van der Waals surface area contributed by atoms with Crippen molar-refractivity contribution in [3.8, 4) is 6.07 Å². The highest BCUT2D eigenvalue weighted by molar-refractivity contribution is 5.99. The van der Waals surface area contributed by atoms with E-state index in [9.17, 15) is 0 Å². The monoisotopic (exact) mass is 229 g/mol. The van der Waals surface area contributed by atoms with E-state index in [4.69, 9.17) is 5.26 Å². The lowest BCUT2D eigenvalue weighted by atomic mass is 9.47. The van der Waals surface area contributed by atoms with Crippen LogP contribution in [0.25, 0.3) is 0 Å². The number of hydrazone groups is 1. The van der Waals surface area contributed by atoms with Crippen molar-refractivity contribution in [1.82, 2.24) is 5.43 Å². The van der Waals surface area contributed by atoms with Crippen LogP contribution in [0.5, 0.6) is 0 Å². The Hall–Kier alpha value is -1.04. The SMILES string of the molecule is N#CC1=NNC(C23CC4CC(CC(C4)C2)C3)C1. The zero-order valence-corrected chi connectivity index (χ0v) is 10.2. The Morgan fingerprint density at radius 1 is 1.12 bits per heavy atom. The van der Waals surface area contributed by atoms with Gasteiger partial charge in [0.15, 0.2) is 0 Å². The van der Waals surface area contributed by atoms with Gasteiger partial charge in [-0.1, -0.05) is 0 Å². The quantitative estimate of drug-likeness (QED) is 0.750. The molecule has 5 rings (SSSR count). The van der Waals surface area contributed by atoms with Crippen LogP contribution in [0.4, 0.5) is 0 Å². The molecule has 1 N–H and O–H groups in total. The summed E-state index contributed by atoms with van der Waals surface area (Å²) in [6.45, 7) is 0. The van der Waals surface area contributed by atoms with E-state index in [2.05, 4.69) is 16.6 Å². The van der Waals surface area contributed by atoms with Gasteiger partial charge in [-0.3, -0.25) is 0 Å². The van der Waals surface area contributed by atoms with E-state index in [1.807, 2.05) is 0 Å². The number of hydrogen-bond donors (Lipinski definition) is 1. The van der Waals surface area contributed by atoms with Crippen LogP contribution in [-0.2, 0) is 0 Å². The molecule has 4 bridgehead atoms. The summed E-state index contributed by atoms with van der Waals surface area (Å²) < 4.78 is 0. The van der Waals surface area contributed by atoms with Crippen LogP contribution in [0.15, 0.2) is 5.10 Å². The van der Waals surface area contributed by atoms with Crippen molar-refractivity contribution in [3.05, 3.63) is 0 Å². The van der Waals surface area contributed by atoms with Crippen molar-refractivity contribution in [2.75, 3.05) is 0 Å². The maximum absolute atomic E-state index is 8.94. The summed E-state index contributed by atoms with van der Waals surface area (Å²) >= 11 is 0. The molecular formula is C14H19N3. The van der Waals surface area contributed by atoms with Gasteiger partial charge in [0.2, 0.25) is 0 Å². The molecule has 17 heavy (non-hydrogen) atoms. The fourth-order valence-electron chi connectivity index (χ4n) is 5.47. The molecule has 4 fully saturated rings. The molecular weight excluding hydrogens is 210 g/mol. The third-order valence-electron chi connectivity index (χ3n) is 5.71. The molecule has 1 aliphatic heterocycles. The second-order valence-corrected chi connectivity index (χ2v) is 6.84. The van der Waals surface area contributed by atoms with Crippen LogP contribution in [0, 0.1) is 34.5 Å². The Bertz CT molecular complexity index is 382. The average molecular weight is 229 g/mol. The lowest BCUT2D eigenvalue weighted by molar-refractivity contribution is -0.0706. The smallest absolute Gasteiger partial charge is 0.139 e. The minimum atomic E-state index is 0.463. The summed E-state index contributed by atoms with van der Waals surface area (Å²) in [6, 6.07) is 2.68. The second-order valence-electron chi connectivity index (χ2n) is 6.84. The van der Waals surface area contributed by atoms with Gasteiger partial charge in [0.25, 0.3) is 0 Å². The molecule has 0 aromatic carbocycles. The maximum atomic E-state index is 8.94. The number of rotatable bonds is 1. The van der Waals surface area contributed by atoms with Gasteiger partial charge in [-0.25, -0.2) is 0 Å². The highest BCUT2D eigenvalue weighted by atomic mass is 15.3. The predicted molar refractivity (Wildman–Crippen MR) is 65.2 cm³/mol. The van der Waals surface area contributed by atoms with Gasteiger partial charge in [-0.15, -0.1) is 0 Å². The molecule has 3 nitrogen and oxygen atoms in total. The lowest BCUT2D eigenvalue weighted by Crippen LogP contribution is -2.54. The molecule has 1 heterocycles. The van der Waals surface area contributed by atoms with Gasteiger partial charge >= 0.3 is 0 Å². The first-order chi connectivity index (χ1) is 8.27. The third kappa shape index (κ3) is 1.36. The summed E-state index contributed by atoms with van der Waals surface area (Å²) in [5.41, 5.74) is 4.48. The van der Waals surface area contributed by atoms with Crippen LogP contribution in [0.2, 0.25) is 0 Å². The highest BCUT2D eigenvalue weighted by Crippen LogP contribution is 2.61. The topological polar surface area (TPSA) is 48.2 Å². The lowest BCUT2D eigenvalue weighted by Gasteiger charge is -2.58. The Labute approximate surface area is 102 Å². The standard InChI is InChI=1S/C14H19N3/c15-8-12-4-13(17-16-12)14-5-9-1-10(6-14)3-11(2-9)7-14/h9-11,13,17H,1-7H2. The van der Waals surface area contributed by atoms with Crippen molar-refractivity contribution < 1.29 is 0 Å². The maximum Gasteiger partial charge on any atom is 0.139 e. The van der Waals surface area contributed by atoms with Gasteiger partial charge in [-0.05, 0) is 61.7 Å². The summed E-state index contributed by atoms with van der Waals surface area (Å²) in [5, 5.41) is 13.1. The van der Waals surface area contributed by atoms with E-state index >= 15 is 0 Å². The van der Waals surface area contributed by atoms with Crippen LogP contribution >= 0.6 is 0 Å². The molecule has 90 valence electrons. The molecule has 0 radical (unpaired) electrons. The number of nitrogens with one attached hydrogen (secondary N) is 1. The molecule has 0 saturated heterocycles. The fourth-order valence-corrected chi connectivity index (χ4v) is 5.47. The largest absolute Gasteiger partial charge is 0.305 e. The molecule has 0 aromatic rings. The van der Waals surface area contributed by atoms with E-state index in [-0.39, 0.29) is 0 Å². The van der Waals surface area contributed by atoms with Crippen LogP contribution < -0.4 is 5.43 Å². The molecule has 0 amide bonds. The predicted octanol–water partition coefficient (Wildman–Crippen LogP) is 2.44. The Balaban J connectivity index is 1.60. The Morgan fingerprint density at radius 3 is 2.18 bits per heavy atom. The molecule has 4 aliphatic carbocycles. The fraction of sp³-hybridized carbons (Fsp3) is 0.857. The molecule has 3 heteroatoms. The van der Waals surface area contributed by atoms with E-state index < -0.39 is 0 Å². The van der Waals surface area contributed by atoms with Crippen LogP contribution in [0.3, 0.4) is 0 Å².